The van der Waals surface area contributed by atoms with Gasteiger partial charge in [-0.2, -0.15) is 9.38 Å². The van der Waals surface area contributed by atoms with Crippen molar-refractivity contribution in [1.82, 2.24) is 9.38 Å². The van der Waals surface area contributed by atoms with Crippen molar-refractivity contribution in [3.63, 3.8) is 0 Å². The third-order valence-corrected chi connectivity index (χ3v) is 3.43. The van der Waals surface area contributed by atoms with Crippen LogP contribution in [-0.2, 0) is 4.79 Å². The number of hydrogen-bond acceptors (Lipinski definition) is 5. The molecule has 1 unspecified atom stereocenters. The second-order valence-electron chi connectivity index (χ2n) is 3.67. The molecule has 0 radical (unpaired) electrons. The lowest BCUT2D eigenvalue weighted by molar-refractivity contribution is -0.391. The molecule has 90 valence electrons. The van der Waals surface area contributed by atoms with Crippen molar-refractivity contribution in [2.75, 3.05) is 0 Å². The number of nitro groups is 1. The molecular formula is C10H11N3O3S. The topological polar surface area (TPSA) is 77.5 Å². The Labute approximate surface area is 101 Å². The summed E-state index contributed by atoms with van der Waals surface area (Å²) in [5.74, 6) is -0.679. The molecule has 17 heavy (non-hydrogen) atoms. The van der Waals surface area contributed by atoms with Crippen molar-refractivity contribution in [2.45, 2.75) is 26.2 Å². The van der Waals surface area contributed by atoms with Crippen molar-refractivity contribution in [3.05, 3.63) is 27.4 Å². The minimum Gasteiger partial charge on any atom is -0.358 e. The molecule has 0 saturated carbocycles. The number of fused-ring (bicyclic) bond motifs is 1. The van der Waals surface area contributed by atoms with Gasteiger partial charge in [-0.15, -0.1) is 0 Å². The van der Waals surface area contributed by atoms with E-state index in [-0.39, 0.29) is 17.3 Å². The second kappa shape index (κ2) is 4.25. The first-order valence-corrected chi connectivity index (χ1v) is 6.06. The lowest BCUT2D eigenvalue weighted by Gasteiger charge is -2.05. The Kier molecular flexibility index (Phi) is 2.93. The Hall–Kier alpha value is -1.76. The van der Waals surface area contributed by atoms with Gasteiger partial charge in [0.2, 0.25) is 0 Å². The predicted octanol–water partition coefficient (Wildman–Crippen LogP) is 2.39. The molecule has 2 aromatic rings. The number of rotatable bonds is 4. The summed E-state index contributed by atoms with van der Waals surface area (Å²) in [5.41, 5.74) is 0.258. The molecule has 1 atom stereocenters. The second-order valence-corrected chi connectivity index (χ2v) is 4.55. The van der Waals surface area contributed by atoms with E-state index in [1.165, 1.54) is 15.7 Å². The van der Waals surface area contributed by atoms with Crippen LogP contribution in [0.5, 0.6) is 0 Å². The average Bonchev–Trinajstić information content (AvgIpc) is 2.85. The summed E-state index contributed by atoms with van der Waals surface area (Å²) in [5, 5.41) is 12.8. The summed E-state index contributed by atoms with van der Waals surface area (Å²) >= 11 is 1.31. The van der Waals surface area contributed by atoms with E-state index in [0.29, 0.717) is 11.4 Å². The zero-order valence-electron chi connectivity index (χ0n) is 9.41. The summed E-state index contributed by atoms with van der Waals surface area (Å²) in [7, 11) is 0. The molecule has 2 heterocycles. The molecule has 0 aromatic carbocycles. The van der Waals surface area contributed by atoms with Crippen LogP contribution in [-0.4, -0.2) is 20.1 Å². The van der Waals surface area contributed by atoms with Crippen LogP contribution in [0.1, 0.15) is 31.9 Å². The van der Waals surface area contributed by atoms with E-state index in [9.17, 15) is 14.9 Å². The van der Waals surface area contributed by atoms with Crippen molar-refractivity contribution in [1.29, 1.82) is 0 Å². The number of ketones is 1. The summed E-state index contributed by atoms with van der Waals surface area (Å²) < 4.78 is 1.42. The van der Waals surface area contributed by atoms with Crippen LogP contribution < -0.4 is 0 Å². The van der Waals surface area contributed by atoms with Gasteiger partial charge in [0.1, 0.15) is 17.7 Å². The first kappa shape index (κ1) is 11.7. The van der Waals surface area contributed by atoms with Crippen LogP contribution in [0.3, 0.4) is 0 Å². The first-order chi connectivity index (χ1) is 8.06. The van der Waals surface area contributed by atoms with E-state index in [2.05, 4.69) is 4.98 Å². The minimum absolute atomic E-state index is 0.0427. The van der Waals surface area contributed by atoms with Gasteiger partial charge in [-0.05, 0) is 11.8 Å². The molecule has 0 aliphatic heterocycles. The Bertz CT molecular complexity index is 587. The summed E-state index contributed by atoms with van der Waals surface area (Å²) in [4.78, 5) is 26.9. The molecule has 0 aliphatic carbocycles. The zero-order chi connectivity index (χ0) is 12.6. The van der Waals surface area contributed by atoms with Gasteiger partial charge in [0.25, 0.3) is 4.96 Å². The van der Waals surface area contributed by atoms with Gasteiger partial charge in [0.15, 0.2) is 0 Å². The van der Waals surface area contributed by atoms with Crippen molar-refractivity contribution < 1.29 is 9.72 Å². The molecule has 0 amide bonds. The molecule has 0 aliphatic rings. The number of nitrogens with zero attached hydrogens (tertiary/aromatic N) is 3. The standard InChI is InChI=1S/C10H11N3O3S/c1-3-7(14)6(2)8-9(13(15)16)12-4-5-17-10(12)11-8/h4-6H,3H2,1-2H3. The van der Waals surface area contributed by atoms with E-state index < -0.39 is 10.8 Å². The molecule has 7 heteroatoms. The number of carbonyl (C=O) groups excluding carboxylic acids is 1. The van der Waals surface area contributed by atoms with Gasteiger partial charge in [0, 0.05) is 11.8 Å². The van der Waals surface area contributed by atoms with Crippen LogP contribution in [0, 0.1) is 10.1 Å². The summed E-state index contributed by atoms with van der Waals surface area (Å²) in [6.07, 6.45) is 1.95. The number of Topliss-reactive ketones (excluding diaryl/α,β-unsaturated/α-hetero) is 1. The number of aromatic nitrogens is 2. The normalized spacial score (nSPS) is 12.8. The third-order valence-electron chi connectivity index (χ3n) is 2.68. The molecule has 0 fully saturated rings. The molecular weight excluding hydrogens is 242 g/mol. The molecule has 6 nitrogen and oxygen atoms in total. The van der Waals surface area contributed by atoms with Crippen LogP contribution in [0.25, 0.3) is 4.96 Å². The van der Waals surface area contributed by atoms with Crippen molar-refractivity contribution in [2.24, 2.45) is 0 Å². The van der Waals surface area contributed by atoms with Gasteiger partial charge < -0.3 is 10.1 Å². The fourth-order valence-corrected chi connectivity index (χ4v) is 2.44. The molecule has 0 N–H and O–H groups in total. The van der Waals surface area contributed by atoms with E-state index >= 15 is 0 Å². The maximum Gasteiger partial charge on any atom is 0.352 e. The monoisotopic (exact) mass is 253 g/mol. The van der Waals surface area contributed by atoms with E-state index in [0.717, 1.165) is 0 Å². The third kappa shape index (κ3) is 1.82. The number of hydrogen-bond donors (Lipinski definition) is 0. The quantitative estimate of drug-likeness (QED) is 0.619. The van der Waals surface area contributed by atoms with Crippen LogP contribution in [0.4, 0.5) is 5.82 Å². The lowest BCUT2D eigenvalue weighted by atomic mass is 10.0. The minimum atomic E-state index is -0.535. The number of thiazole rings is 1. The van der Waals surface area contributed by atoms with Gasteiger partial charge >= 0.3 is 5.82 Å². The predicted molar refractivity (Wildman–Crippen MR) is 63.4 cm³/mol. The van der Waals surface area contributed by atoms with Gasteiger partial charge in [0.05, 0.1) is 5.92 Å². The van der Waals surface area contributed by atoms with Gasteiger partial charge in [-0.3, -0.25) is 4.79 Å². The average molecular weight is 253 g/mol. The van der Waals surface area contributed by atoms with Crippen LogP contribution >= 0.6 is 11.3 Å². The Morgan fingerprint density at radius 2 is 2.41 bits per heavy atom. The lowest BCUT2D eigenvalue weighted by Crippen LogP contribution is -2.10. The highest BCUT2D eigenvalue weighted by molar-refractivity contribution is 7.15. The first-order valence-electron chi connectivity index (χ1n) is 5.18. The van der Waals surface area contributed by atoms with Crippen molar-refractivity contribution in [3.8, 4) is 0 Å². The smallest absolute Gasteiger partial charge is 0.352 e. The molecule has 0 saturated heterocycles. The largest absolute Gasteiger partial charge is 0.358 e. The fraction of sp³-hybridized carbons (Fsp3) is 0.400. The number of imidazole rings is 1. The van der Waals surface area contributed by atoms with Gasteiger partial charge in [-0.1, -0.05) is 18.3 Å². The fourth-order valence-electron chi connectivity index (χ4n) is 1.72. The Morgan fingerprint density at radius 1 is 1.71 bits per heavy atom. The highest BCUT2D eigenvalue weighted by Crippen LogP contribution is 2.30. The Balaban J connectivity index is 2.60. The highest BCUT2D eigenvalue weighted by Gasteiger charge is 2.30. The Morgan fingerprint density at radius 3 is 3.00 bits per heavy atom. The molecule has 2 aromatic heterocycles. The highest BCUT2D eigenvalue weighted by atomic mass is 32.1. The SMILES string of the molecule is CCC(=O)C(C)c1nc2sccn2c1[N+](=O)[O-]. The summed E-state index contributed by atoms with van der Waals surface area (Å²) in [6.45, 7) is 3.40. The molecule has 0 spiro atoms. The van der Waals surface area contributed by atoms with Crippen molar-refractivity contribution >= 4 is 27.9 Å². The van der Waals surface area contributed by atoms with Gasteiger partial charge in [-0.25, -0.2) is 0 Å². The zero-order valence-corrected chi connectivity index (χ0v) is 10.2. The molecule has 0 bridgehead atoms. The van der Waals surface area contributed by atoms with E-state index in [1.54, 1.807) is 25.4 Å². The number of carbonyl (C=O) groups is 1. The van der Waals surface area contributed by atoms with E-state index in [4.69, 9.17) is 0 Å². The summed E-state index contributed by atoms with van der Waals surface area (Å²) in [6, 6.07) is 0. The van der Waals surface area contributed by atoms with Crippen LogP contribution in [0.2, 0.25) is 0 Å². The maximum absolute atomic E-state index is 11.6. The van der Waals surface area contributed by atoms with Crippen LogP contribution in [0.15, 0.2) is 11.6 Å². The molecule has 2 rings (SSSR count). The maximum atomic E-state index is 11.6. The van der Waals surface area contributed by atoms with E-state index in [1.807, 2.05) is 0 Å².